The highest BCUT2D eigenvalue weighted by atomic mass is 16.5. The van der Waals surface area contributed by atoms with Gasteiger partial charge in [-0.05, 0) is 44.0 Å². The molecule has 2 aromatic carbocycles. The van der Waals surface area contributed by atoms with E-state index in [0.717, 1.165) is 36.6 Å². The summed E-state index contributed by atoms with van der Waals surface area (Å²) in [5.41, 5.74) is 1.06. The minimum atomic E-state index is -1.10. The van der Waals surface area contributed by atoms with Gasteiger partial charge in [-0.3, -0.25) is 14.5 Å². The SMILES string of the molecule is COc1ccccc1N1C(=O)c2cc3ccccc3n2C[C@]1(C)C(=O)NC1CCCCC1. The number of ether oxygens (including phenoxy) is 1. The van der Waals surface area contributed by atoms with E-state index in [9.17, 15) is 9.59 Å². The van der Waals surface area contributed by atoms with Crippen LogP contribution in [-0.2, 0) is 11.3 Å². The third kappa shape index (κ3) is 3.25. The molecule has 1 fully saturated rings. The molecule has 0 unspecified atom stereocenters. The molecule has 1 N–H and O–H groups in total. The maximum Gasteiger partial charge on any atom is 0.276 e. The zero-order valence-electron chi connectivity index (χ0n) is 18.6. The molecule has 6 heteroatoms. The second kappa shape index (κ2) is 8.01. The molecule has 1 aliphatic carbocycles. The van der Waals surface area contributed by atoms with E-state index in [1.54, 1.807) is 12.0 Å². The van der Waals surface area contributed by atoms with Gasteiger partial charge in [-0.25, -0.2) is 0 Å². The number of anilines is 1. The lowest BCUT2D eigenvalue weighted by Crippen LogP contribution is -2.65. The Kier molecular flexibility index (Phi) is 5.16. The maximum absolute atomic E-state index is 13.9. The number of hydrogen-bond acceptors (Lipinski definition) is 3. The first kappa shape index (κ1) is 20.6. The predicted octanol–water partition coefficient (Wildman–Crippen LogP) is 4.52. The minimum absolute atomic E-state index is 0.118. The molecule has 1 saturated carbocycles. The fraction of sp³-hybridized carbons (Fsp3) is 0.385. The van der Waals surface area contributed by atoms with Crippen LogP contribution in [0.1, 0.15) is 49.5 Å². The van der Waals surface area contributed by atoms with Gasteiger partial charge < -0.3 is 14.6 Å². The van der Waals surface area contributed by atoms with Gasteiger partial charge in [0.05, 0.1) is 19.3 Å². The monoisotopic (exact) mass is 431 g/mol. The summed E-state index contributed by atoms with van der Waals surface area (Å²) in [6.45, 7) is 2.24. The predicted molar refractivity (Wildman–Crippen MR) is 125 cm³/mol. The molecule has 2 aliphatic rings. The summed E-state index contributed by atoms with van der Waals surface area (Å²) in [6.07, 6.45) is 5.45. The van der Waals surface area contributed by atoms with Gasteiger partial charge in [0.2, 0.25) is 5.91 Å². The van der Waals surface area contributed by atoms with E-state index in [1.165, 1.54) is 6.42 Å². The lowest BCUT2D eigenvalue weighted by Gasteiger charge is -2.45. The molecule has 1 aliphatic heterocycles. The van der Waals surface area contributed by atoms with E-state index in [4.69, 9.17) is 4.74 Å². The molecule has 0 bridgehead atoms. The lowest BCUT2D eigenvalue weighted by atomic mass is 9.91. The first-order chi connectivity index (χ1) is 15.5. The van der Waals surface area contributed by atoms with Crippen molar-refractivity contribution >= 4 is 28.4 Å². The van der Waals surface area contributed by atoms with Gasteiger partial charge in [-0.15, -0.1) is 0 Å². The maximum atomic E-state index is 13.9. The summed E-state index contributed by atoms with van der Waals surface area (Å²) >= 11 is 0. The standard InChI is InChI=1S/C26H29N3O3/c1-26(25(31)27-19-11-4-3-5-12-19)17-28-20-13-7-6-10-18(20)16-22(28)24(30)29(26)21-14-8-9-15-23(21)32-2/h6-10,13-16,19H,3-5,11-12,17H2,1-2H3,(H,27,31)/t26-/m1/s1. The Labute approximate surface area is 188 Å². The third-order valence-corrected chi connectivity index (χ3v) is 6.95. The number of aromatic nitrogens is 1. The highest BCUT2D eigenvalue weighted by Crippen LogP contribution is 2.40. The molecule has 2 amide bonds. The molecule has 0 radical (unpaired) electrons. The van der Waals surface area contributed by atoms with Crippen LogP contribution in [-0.4, -0.2) is 35.1 Å². The third-order valence-electron chi connectivity index (χ3n) is 6.95. The highest BCUT2D eigenvalue weighted by Gasteiger charge is 2.49. The van der Waals surface area contributed by atoms with Crippen LogP contribution in [0.5, 0.6) is 5.75 Å². The summed E-state index contributed by atoms with van der Waals surface area (Å²) < 4.78 is 7.57. The van der Waals surface area contributed by atoms with Gasteiger partial charge in [0.1, 0.15) is 17.0 Å². The highest BCUT2D eigenvalue weighted by molar-refractivity contribution is 6.14. The summed E-state index contributed by atoms with van der Waals surface area (Å²) in [5, 5.41) is 4.26. The second-order valence-electron chi connectivity index (χ2n) is 9.07. The first-order valence-electron chi connectivity index (χ1n) is 11.4. The Hall–Kier alpha value is -3.28. The molecular weight excluding hydrogens is 402 g/mol. The van der Waals surface area contributed by atoms with Crippen molar-refractivity contribution in [2.24, 2.45) is 0 Å². The van der Waals surface area contributed by atoms with Gasteiger partial charge in [-0.1, -0.05) is 49.6 Å². The van der Waals surface area contributed by atoms with Crippen LogP contribution in [0, 0.1) is 0 Å². The second-order valence-corrected chi connectivity index (χ2v) is 9.07. The van der Waals surface area contributed by atoms with Crippen LogP contribution in [0.3, 0.4) is 0 Å². The molecule has 3 aromatic rings. The number of fused-ring (bicyclic) bond motifs is 3. The Morgan fingerprint density at radius 3 is 2.56 bits per heavy atom. The van der Waals surface area contributed by atoms with Crippen LogP contribution in [0.2, 0.25) is 0 Å². The molecule has 5 rings (SSSR count). The molecule has 1 aromatic heterocycles. The van der Waals surface area contributed by atoms with E-state index in [-0.39, 0.29) is 17.9 Å². The Morgan fingerprint density at radius 1 is 1.06 bits per heavy atom. The molecular formula is C26H29N3O3. The molecule has 1 atom stereocenters. The molecule has 32 heavy (non-hydrogen) atoms. The normalized spacial score (nSPS) is 21.4. The van der Waals surface area contributed by atoms with Crippen molar-refractivity contribution in [3.63, 3.8) is 0 Å². The zero-order chi connectivity index (χ0) is 22.3. The van der Waals surface area contributed by atoms with Crippen LogP contribution in [0.25, 0.3) is 10.9 Å². The van der Waals surface area contributed by atoms with E-state index in [2.05, 4.69) is 5.32 Å². The number of nitrogens with one attached hydrogen (secondary N) is 1. The molecule has 0 spiro atoms. The van der Waals surface area contributed by atoms with Gasteiger partial charge >= 0.3 is 0 Å². The largest absolute Gasteiger partial charge is 0.495 e. The lowest BCUT2D eigenvalue weighted by molar-refractivity contribution is -0.127. The fourth-order valence-electron chi connectivity index (χ4n) is 5.23. The van der Waals surface area contributed by atoms with E-state index in [1.807, 2.05) is 66.1 Å². The molecule has 6 nitrogen and oxygen atoms in total. The number of benzene rings is 2. The van der Waals surface area contributed by atoms with Gasteiger partial charge in [-0.2, -0.15) is 0 Å². The Bertz CT molecular complexity index is 1180. The smallest absolute Gasteiger partial charge is 0.276 e. The van der Waals surface area contributed by atoms with Crippen molar-refractivity contribution in [2.75, 3.05) is 12.0 Å². The average Bonchev–Trinajstić information content (AvgIpc) is 3.19. The van der Waals surface area contributed by atoms with Gasteiger partial charge in [0, 0.05) is 16.9 Å². The fourth-order valence-corrected chi connectivity index (χ4v) is 5.23. The van der Waals surface area contributed by atoms with Crippen LogP contribution in [0.4, 0.5) is 5.69 Å². The first-order valence-corrected chi connectivity index (χ1v) is 11.4. The minimum Gasteiger partial charge on any atom is -0.495 e. The van der Waals surface area contributed by atoms with Crippen LogP contribution < -0.4 is 15.0 Å². The quantitative estimate of drug-likeness (QED) is 0.661. The van der Waals surface area contributed by atoms with Crippen molar-refractivity contribution in [3.8, 4) is 5.75 Å². The van der Waals surface area contributed by atoms with Crippen molar-refractivity contribution in [1.82, 2.24) is 9.88 Å². The number of carbonyl (C=O) groups excluding carboxylic acids is 2. The Balaban J connectivity index is 1.64. The van der Waals surface area contributed by atoms with Crippen LogP contribution >= 0.6 is 0 Å². The number of carbonyl (C=O) groups is 2. The van der Waals surface area contributed by atoms with Crippen molar-refractivity contribution in [2.45, 2.75) is 57.2 Å². The average molecular weight is 432 g/mol. The zero-order valence-corrected chi connectivity index (χ0v) is 18.6. The van der Waals surface area contributed by atoms with E-state index >= 15 is 0 Å². The molecule has 166 valence electrons. The van der Waals surface area contributed by atoms with Gasteiger partial charge in [0.25, 0.3) is 5.91 Å². The van der Waals surface area contributed by atoms with Crippen molar-refractivity contribution in [1.29, 1.82) is 0 Å². The number of methoxy groups -OCH3 is 1. The number of amides is 2. The van der Waals surface area contributed by atoms with Crippen molar-refractivity contribution < 1.29 is 14.3 Å². The number of nitrogens with zero attached hydrogens (tertiary/aromatic N) is 2. The summed E-state index contributed by atoms with van der Waals surface area (Å²) in [6, 6.07) is 17.4. The van der Waals surface area contributed by atoms with E-state index in [0.29, 0.717) is 23.7 Å². The summed E-state index contributed by atoms with van der Waals surface area (Å²) in [4.78, 5) is 29.4. The summed E-state index contributed by atoms with van der Waals surface area (Å²) in [5.74, 6) is 0.257. The summed E-state index contributed by atoms with van der Waals surface area (Å²) in [7, 11) is 1.59. The van der Waals surface area contributed by atoms with Crippen LogP contribution in [0.15, 0.2) is 54.6 Å². The number of para-hydroxylation sites is 3. The van der Waals surface area contributed by atoms with Crippen molar-refractivity contribution in [3.05, 3.63) is 60.3 Å². The topological polar surface area (TPSA) is 63.6 Å². The molecule has 0 saturated heterocycles. The van der Waals surface area contributed by atoms with Gasteiger partial charge in [0.15, 0.2) is 0 Å². The molecule has 2 heterocycles. The Morgan fingerprint density at radius 2 is 1.78 bits per heavy atom. The van der Waals surface area contributed by atoms with E-state index < -0.39 is 5.54 Å². The number of rotatable bonds is 4. The number of hydrogen-bond donors (Lipinski definition) is 1.